The fourth-order valence-corrected chi connectivity index (χ4v) is 2.07. The van der Waals surface area contributed by atoms with Gasteiger partial charge in [0.15, 0.2) is 0 Å². The Bertz CT molecular complexity index is 568. The summed E-state index contributed by atoms with van der Waals surface area (Å²) in [6, 6.07) is 7.41. The van der Waals surface area contributed by atoms with E-state index < -0.39 is 17.2 Å². The van der Waals surface area contributed by atoms with Gasteiger partial charge in [0.05, 0.1) is 5.54 Å². The van der Waals surface area contributed by atoms with Crippen LogP contribution in [0.25, 0.3) is 0 Å². The quantitative estimate of drug-likeness (QED) is 0.840. The Labute approximate surface area is 139 Å². The summed E-state index contributed by atoms with van der Waals surface area (Å²) in [6.07, 6.45) is 0.0986. The van der Waals surface area contributed by atoms with Crippen molar-refractivity contribution in [1.29, 1.82) is 0 Å². The SMILES string of the molecule is CCc1ccccc1C(=O)N(NC(=O)OC(C)(C)C)C(C)(C)C. The van der Waals surface area contributed by atoms with Crippen molar-refractivity contribution in [2.45, 2.75) is 66.0 Å². The number of benzene rings is 1. The molecular formula is C18H28N2O3. The standard InChI is InChI=1S/C18H28N2O3/c1-8-13-11-9-10-12-14(13)15(21)20(17(2,3)4)19-16(22)23-18(5,6)7/h9-12H,8H2,1-7H3,(H,19,22). The third-order valence-electron chi connectivity index (χ3n) is 3.10. The first kappa shape index (κ1) is 19.0. The molecule has 1 aromatic rings. The molecule has 1 N–H and O–H groups in total. The predicted octanol–water partition coefficient (Wildman–Crippen LogP) is 3.93. The van der Waals surface area contributed by atoms with Gasteiger partial charge in [0.25, 0.3) is 5.91 Å². The van der Waals surface area contributed by atoms with Gasteiger partial charge >= 0.3 is 6.09 Å². The summed E-state index contributed by atoms with van der Waals surface area (Å²) in [5, 5.41) is 1.33. The zero-order valence-corrected chi connectivity index (χ0v) is 15.2. The lowest BCUT2D eigenvalue weighted by Crippen LogP contribution is -2.56. The molecule has 5 heteroatoms. The Morgan fingerprint density at radius 1 is 1.09 bits per heavy atom. The molecule has 0 bridgehead atoms. The summed E-state index contributed by atoms with van der Waals surface area (Å²) in [4.78, 5) is 25.0. The Balaban J connectivity index is 3.08. The maximum atomic E-state index is 12.9. The lowest BCUT2D eigenvalue weighted by atomic mass is 10.0. The fraction of sp³-hybridized carbons (Fsp3) is 0.556. The molecule has 1 aromatic carbocycles. The number of hydrogen-bond donors (Lipinski definition) is 1. The normalized spacial score (nSPS) is 11.8. The number of carbonyl (C=O) groups excluding carboxylic acids is 2. The molecular weight excluding hydrogens is 292 g/mol. The van der Waals surface area contributed by atoms with E-state index in [1.165, 1.54) is 5.01 Å². The molecule has 0 saturated carbocycles. The van der Waals surface area contributed by atoms with Crippen LogP contribution in [-0.2, 0) is 11.2 Å². The van der Waals surface area contributed by atoms with Crippen LogP contribution in [0.2, 0.25) is 0 Å². The fourth-order valence-electron chi connectivity index (χ4n) is 2.07. The molecule has 0 aromatic heterocycles. The van der Waals surface area contributed by atoms with E-state index in [2.05, 4.69) is 5.43 Å². The van der Waals surface area contributed by atoms with Crippen molar-refractivity contribution in [3.8, 4) is 0 Å². The van der Waals surface area contributed by atoms with Gasteiger partial charge in [0.1, 0.15) is 5.60 Å². The summed E-state index contributed by atoms with van der Waals surface area (Å²) in [6.45, 7) is 12.9. The molecule has 0 fully saturated rings. The molecule has 0 saturated heterocycles. The molecule has 128 valence electrons. The van der Waals surface area contributed by atoms with Crippen LogP contribution < -0.4 is 5.43 Å². The second kappa shape index (κ2) is 7.02. The second-order valence-electron chi connectivity index (χ2n) is 7.44. The molecule has 23 heavy (non-hydrogen) atoms. The number of hydrogen-bond acceptors (Lipinski definition) is 3. The van der Waals surface area contributed by atoms with E-state index in [0.717, 1.165) is 12.0 Å². The summed E-state index contributed by atoms with van der Waals surface area (Å²) >= 11 is 0. The van der Waals surface area contributed by atoms with E-state index >= 15 is 0 Å². The topological polar surface area (TPSA) is 58.6 Å². The predicted molar refractivity (Wildman–Crippen MR) is 91.1 cm³/mol. The van der Waals surface area contributed by atoms with Crippen molar-refractivity contribution in [2.24, 2.45) is 0 Å². The number of aryl methyl sites for hydroxylation is 1. The summed E-state index contributed by atoms with van der Waals surface area (Å²) in [5.41, 5.74) is 2.90. The van der Waals surface area contributed by atoms with E-state index in [4.69, 9.17) is 4.74 Å². The van der Waals surface area contributed by atoms with Crippen molar-refractivity contribution >= 4 is 12.0 Å². The van der Waals surface area contributed by atoms with Crippen LogP contribution in [0.15, 0.2) is 24.3 Å². The van der Waals surface area contributed by atoms with E-state index in [1.54, 1.807) is 26.8 Å². The van der Waals surface area contributed by atoms with Crippen molar-refractivity contribution in [1.82, 2.24) is 10.4 Å². The highest BCUT2D eigenvalue weighted by Gasteiger charge is 2.31. The lowest BCUT2D eigenvalue weighted by molar-refractivity contribution is 0.0118. The summed E-state index contributed by atoms with van der Waals surface area (Å²) in [5.74, 6) is -0.249. The minimum atomic E-state index is -0.644. The first-order valence-electron chi connectivity index (χ1n) is 7.88. The number of carbonyl (C=O) groups is 2. The van der Waals surface area contributed by atoms with Crippen LogP contribution >= 0.6 is 0 Å². The third-order valence-corrected chi connectivity index (χ3v) is 3.10. The van der Waals surface area contributed by atoms with Gasteiger partial charge in [-0.3, -0.25) is 4.79 Å². The number of nitrogens with one attached hydrogen (secondary N) is 1. The first-order chi connectivity index (χ1) is 10.5. The molecule has 2 amide bonds. The Morgan fingerprint density at radius 2 is 1.65 bits per heavy atom. The van der Waals surface area contributed by atoms with E-state index in [0.29, 0.717) is 5.56 Å². The molecule has 0 atom stereocenters. The Kier molecular flexibility index (Phi) is 5.81. The van der Waals surface area contributed by atoms with Crippen LogP contribution in [0.1, 0.15) is 64.4 Å². The number of rotatable bonds is 2. The van der Waals surface area contributed by atoms with E-state index in [9.17, 15) is 9.59 Å². The van der Waals surface area contributed by atoms with Crippen molar-refractivity contribution < 1.29 is 14.3 Å². The third kappa shape index (κ3) is 5.58. The lowest BCUT2D eigenvalue weighted by Gasteiger charge is -2.36. The van der Waals surface area contributed by atoms with Gasteiger partial charge < -0.3 is 4.74 Å². The van der Waals surface area contributed by atoms with Gasteiger partial charge in [0, 0.05) is 5.56 Å². The first-order valence-corrected chi connectivity index (χ1v) is 7.88. The molecule has 0 aliphatic rings. The second-order valence-corrected chi connectivity index (χ2v) is 7.44. The smallest absolute Gasteiger partial charge is 0.426 e. The maximum absolute atomic E-state index is 12.9. The largest absolute Gasteiger partial charge is 0.443 e. The van der Waals surface area contributed by atoms with Crippen molar-refractivity contribution in [2.75, 3.05) is 0 Å². The highest BCUT2D eigenvalue weighted by Crippen LogP contribution is 2.19. The van der Waals surface area contributed by atoms with Gasteiger partial charge in [0.2, 0.25) is 0 Å². The minimum absolute atomic E-state index is 0.249. The molecule has 0 aliphatic heterocycles. The molecule has 0 heterocycles. The van der Waals surface area contributed by atoms with E-state index in [-0.39, 0.29) is 5.91 Å². The summed E-state index contributed by atoms with van der Waals surface area (Å²) < 4.78 is 5.26. The number of ether oxygens (including phenoxy) is 1. The van der Waals surface area contributed by atoms with Gasteiger partial charge in [-0.05, 0) is 59.6 Å². The highest BCUT2D eigenvalue weighted by molar-refractivity contribution is 5.96. The number of nitrogens with zero attached hydrogens (tertiary/aromatic N) is 1. The van der Waals surface area contributed by atoms with Crippen LogP contribution in [0, 0.1) is 0 Å². The Morgan fingerprint density at radius 3 is 2.13 bits per heavy atom. The average molecular weight is 320 g/mol. The zero-order valence-electron chi connectivity index (χ0n) is 15.2. The average Bonchev–Trinajstić information content (AvgIpc) is 2.41. The molecule has 0 spiro atoms. The molecule has 0 radical (unpaired) electrons. The molecule has 5 nitrogen and oxygen atoms in total. The molecule has 1 rings (SSSR count). The summed E-state index contributed by atoms with van der Waals surface area (Å²) in [7, 11) is 0. The van der Waals surface area contributed by atoms with Crippen LogP contribution in [-0.4, -0.2) is 28.1 Å². The van der Waals surface area contributed by atoms with Crippen molar-refractivity contribution in [3.63, 3.8) is 0 Å². The minimum Gasteiger partial charge on any atom is -0.443 e. The van der Waals surface area contributed by atoms with Crippen LogP contribution in [0.3, 0.4) is 0 Å². The van der Waals surface area contributed by atoms with Gasteiger partial charge in [-0.15, -0.1) is 0 Å². The van der Waals surface area contributed by atoms with Crippen LogP contribution in [0.5, 0.6) is 0 Å². The van der Waals surface area contributed by atoms with Gasteiger partial charge in [-0.2, -0.15) is 0 Å². The Hall–Kier alpha value is -2.04. The molecule has 0 unspecified atom stereocenters. The van der Waals surface area contributed by atoms with Gasteiger partial charge in [-0.1, -0.05) is 25.1 Å². The number of amides is 2. The van der Waals surface area contributed by atoms with Crippen LogP contribution in [0.4, 0.5) is 4.79 Å². The zero-order chi connectivity index (χ0) is 17.8. The highest BCUT2D eigenvalue weighted by atomic mass is 16.6. The monoisotopic (exact) mass is 320 g/mol. The number of hydrazine groups is 1. The molecule has 0 aliphatic carbocycles. The maximum Gasteiger partial charge on any atom is 0.426 e. The van der Waals surface area contributed by atoms with Crippen molar-refractivity contribution in [3.05, 3.63) is 35.4 Å². The van der Waals surface area contributed by atoms with Gasteiger partial charge in [-0.25, -0.2) is 15.2 Å². The van der Waals surface area contributed by atoms with E-state index in [1.807, 2.05) is 45.9 Å².